The average Bonchev–Trinajstić information content (AvgIpc) is 3.06. The zero-order valence-electron chi connectivity index (χ0n) is 11.3. The van der Waals surface area contributed by atoms with Crippen LogP contribution in [0, 0.1) is 0 Å². The summed E-state index contributed by atoms with van der Waals surface area (Å²) >= 11 is 0.994. The first-order valence-electron chi connectivity index (χ1n) is 6.72. The second-order valence-electron chi connectivity index (χ2n) is 5.03. The van der Waals surface area contributed by atoms with Crippen LogP contribution in [0.25, 0.3) is 6.08 Å². The molecule has 0 radical (unpaired) electrons. The molecule has 4 nitrogen and oxygen atoms in total. The molecule has 5 heteroatoms. The smallest absolute Gasteiger partial charge is 0.293 e. The van der Waals surface area contributed by atoms with Gasteiger partial charge in [-0.1, -0.05) is 12.1 Å². The molecule has 0 unspecified atom stereocenters. The van der Waals surface area contributed by atoms with Gasteiger partial charge in [-0.3, -0.25) is 14.5 Å². The van der Waals surface area contributed by atoms with Crippen LogP contribution in [-0.2, 0) is 4.79 Å². The van der Waals surface area contributed by atoms with Gasteiger partial charge in [-0.15, -0.1) is 0 Å². The fourth-order valence-corrected chi connectivity index (χ4v) is 3.28. The number of carbonyl (C=O) groups is 2. The number of hydrogen-bond donors (Lipinski definition) is 0. The molecule has 1 aromatic rings. The van der Waals surface area contributed by atoms with Crippen molar-refractivity contribution in [2.45, 2.75) is 12.8 Å². The Bertz CT molecular complexity index is 574. The standard InChI is InChI=1S/C15H16N2O2S/c1-16-14(18)13(20-15(16)19)10-11-4-6-12(7-5-11)17-8-2-3-9-17/h4-7,10H,2-3,8-9H2,1H3/b13-10-. The number of carbonyl (C=O) groups excluding carboxylic acids is 2. The summed E-state index contributed by atoms with van der Waals surface area (Å²) in [6, 6.07) is 8.15. The van der Waals surface area contributed by atoms with Crippen molar-refractivity contribution in [3.8, 4) is 0 Å². The largest absolute Gasteiger partial charge is 0.372 e. The highest BCUT2D eigenvalue weighted by atomic mass is 32.2. The third kappa shape index (κ3) is 2.45. The van der Waals surface area contributed by atoms with Crippen LogP contribution in [0.4, 0.5) is 10.5 Å². The van der Waals surface area contributed by atoms with E-state index in [9.17, 15) is 9.59 Å². The Labute approximate surface area is 122 Å². The number of rotatable bonds is 2. The van der Waals surface area contributed by atoms with E-state index >= 15 is 0 Å². The van der Waals surface area contributed by atoms with E-state index in [1.54, 1.807) is 6.08 Å². The predicted octanol–water partition coefficient (Wildman–Crippen LogP) is 2.95. The van der Waals surface area contributed by atoms with Crippen LogP contribution in [0.2, 0.25) is 0 Å². The first-order valence-corrected chi connectivity index (χ1v) is 7.53. The van der Waals surface area contributed by atoms with Crippen molar-refractivity contribution >= 4 is 34.7 Å². The molecule has 0 saturated carbocycles. The number of thioether (sulfide) groups is 1. The van der Waals surface area contributed by atoms with Gasteiger partial charge in [0.1, 0.15) is 0 Å². The quantitative estimate of drug-likeness (QED) is 0.785. The van der Waals surface area contributed by atoms with Gasteiger partial charge < -0.3 is 4.90 Å². The maximum absolute atomic E-state index is 11.8. The molecule has 2 aliphatic heterocycles. The zero-order valence-corrected chi connectivity index (χ0v) is 12.2. The van der Waals surface area contributed by atoms with Crippen LogP contribution in [-0.4, -0.2) is 36.2 Å². The summed E-state index contributed by atoms with van der Waals surface area (Å²) < 4.78 is 0. The van der Waals surface area contributed by atoms with Crippen LogP contribution in [0.1, 0.15) is 18.4 Å². The fourth-order valence-electron chi connectivity index (χ4n) is 2.45. The zero-order chi connectivity index (χ0) is 14.1. The molecular weight excluding hydrogens is 272 g/mol. The van der Waals surface area contributed by atoms with E-state index < -0.39 is 0 Å². The molecule has 104 valence electrons. The molecule has 2 heterocycles. The lowest BCUT2D eigenvalue weighted by Crippen LogP contribution is -2.22. The first-order chi connectivity index (χ1) is 9.65. The lowest BCUT2D eigenvalue weighted by atomic mass is 10.2. The highest BCUT2D eigenvalue weighted by Gasteiger charge is 2.31. The van der Waals surface area contributed by atoms with E-state index in [0.717, 1.165) is 35.3 Å². The van der Waals surface area contributed by atoms with Gasteiger partial charge in [0.05, 0.1) is 4.91 Å². The second kappa shape index (κ2) is 5.32. The van der Waals surface area contributed by atoms with E-state index in [4.69, 9.17) is 0 Å². The lowest BCUT2D eigenvalue weighted by Gasteiger charge is -2.17. The number of hydrogen-bond acceptors (Lipinski definition) is 4. The van der Waals surface area contributed by atoms with Gasteiger partial charge in [0.2, 0.25) is 0 Å². The molecule has 0 N–H and O–H groups in total. The van der Waals surface area contributed by atoms with Crippen LogP contribution in [0.3, 0.4) is 0 Å². The van der Waals surface area contributed by atoms with E-state index in [1.165, 1.54) is 25.6 Å². The van der Waals surface area contributed by atoms with Gasteiger partial charge in [-0.25, -0.2) is 0 Å². The number of anilines is 1. The molecule has 2 saturated heterocycles. The van der Waals surface area contributed by atoms with Crippen molar-refractivity contribution in [1.82, 2.24) is 4.90 Å². The summed E-state index contributed by atoms with van der Waals surface area (Å²) in [6.45, 7) is 2.24. The summed E-state index contributed by atoms with van der Waals surface area (Å²) in [5, 5.41) is -0.213. The maximum Gasteiger partial charge on any atom is 0.293 e. The van der Waals surface area contributed by atoms with Crippen molar-refractivity contribution in [1.29, 1.82) is 0 Å². The summed E-state index contributed by atoms with van der Waals surface area (Å²) in [6.07, 6.45) is 4.29. The molecule has 3 rings (SSSR count). The monoisotopic (exact) mass is 288 g/mol. The predicted molar refractivity (Wildman–Crippen MR) is 81.6 cm³/mol. The van der Waals surface area contributed by atoms with Gasteiger partial charge in [0.25, 0.3) is 11.1 Å². The molecule has 20 heavy (non-hydrogen) atoms. The summed E-state index contributed by atoms with van der Waals surface area (Å²) in [7, 11) is 1.51. The average molecular weight is 288 g/mol. The lowest BCUT2D eigenvalue weighted by molar-refractivity contribution is -0.121. The van der Waals surface area contributed by atoms with Crippen molar-refractivity contribution in [2.24, 2.45) is 0 Å². The fraction of sp³-hybridized carbons (Fsp3) is 0.333. The highest BCUT2D eigenvalue weighted by molar-refractivity contribution is 8.18. The minimum atomic E-state index is -0.219. The van der Waals surface area contributed by atoms with Gasteiger partial charge in [-0.2, -0.15) is 0 Å². The second-order valence-corrected chi connectivity index (χ2v) is 6.02. The van der Waals surface area contributed by atoms with E-state index in [1.807, 2.05) is 12.1 Å². The SMILES string of the molecule is CN1C(=O)S/C(=C\c2ccc(N3CCCC3)cc2)C1=O. The molecule has 0 aromatic heterocycles. The third-order valence-electron chi connectivity index (χ3n) is 3.65. The minimum Gasteiger partial charge on any atom is -0.372 e. The molecule has 1 aromatic carbocycles. The van der Waals surface area contributed by atoms with Crippen LogP contribution < -0.4 is 4.90 Å². The molecule has 0 atom stereocenters. The van der Waals surface area contributed by atoms with Crippen molar-refractivity contribution in [3.05, 3.63) is 34.7 Å². The molecule has 2 fully saturated rings. The number of likely N-dealkylation sites (N-methyl/N-ethyl adjacent to an activating group) is 1. The molecule has 2 amide bonds. The van der Waals surface area contributed by atoms with Gasteiger partial charge in [0, 0.05) is 25.8 Å². The van der Waals surface area contributed by atoms with Crippen LogP contribution >= 0.6 is 11.8 Å². The highest BCUT2D eigenvalue weighted by Crippen LogP contribution is 2.31. The Hall–Kier alpha value is -1.75. The van der Waals surface area contributed by atoms with E-state index in [-0.39, 0.29) is 11.1 Å². The van der Waals surface area contributed by atoms with E-state index in [2.05, 4.69) is 17.0 Å². The third-order valence-corrected chi connectivity index (χ3v) is 4.61. The Morgan fingerprint density at radius 2 is 1.75 bits per heavy atom. The Kier molecular flexibility index (Phi) is 3.53. The summed E-state index contributed by atoms with van der Waals surface area (Å²) in [4.78, 5) is 27.2. The Morgan fingerprint density at radius 3 is 2.30 bits per heavy atom. The minimum absolute atomic E-state index is 0.213. The number of amides is 2. The Morgan fingerprint density at radius 1 is 1.10 bits per heavy atom. The molecule has 0 aliphatic carbocycles. The summed E-state index contributed by atoms with van der Waals surface area (Å²) in [5.41, 5.74) is 2.18. The van der Waals surface area contributed by atoms with Crippen LogP contribution in [0.15, 0.2) is 29.2 Å². The normalized spacial score (nSPS) is 21.4. The Balaban J connectivity index is 1.78. The van der Waals surface area contributed by atoms with Gasteiger partial charge in [0.15, 0.2) is 0 Å². The van der Waals surface area contributed by atoms with Gasteiger partial charge >= 0.3 is 0 Å². The topological polar surface area (TPSA) is 40.6 Å². The van der Waals surface area contributed by atoms with Gasteiger partial charge in [-0.05, 0) is 48.4 Å². The van der Waals surface area contributed by atoms with Crippen molar-refractivity contribution < 1.29 is 9.59 Å². The molecule has 0 spiro atoms. The number of nitrogens with zero attached hydrogens (tertiary/aromatic N) is 2. The summed E-state index contributed by atoms with van der Waals surface area (Å²) in [5.74, 6) is -0.219. The number of imide groups is 1. The van der Waals surface area contributed by atoms with Crippen LogP contribution in [0.5, 0.6) is 0 Å². The first kappa shape index (κ1) is 13.2. The molecular formula is C15H16N2O2S. The van der Waals surface area contributed by atoms with Crippen molar-refractivity contribution in [2.75, 3.05) is 25.0 Å². The van der Waals surface area contributed by atoms with Crippen molar-refractivity contribution in [3.63, 3.8) is 0 Å². The maximum atomic E-state index is 11.8. The molecule has 2 aliphatic rings. The van der Waals surface area contributed by atoms with E-state index in [0.29, 0.717) is 4.91 Å². The number of benzene rings is 1. The molecule has 0 bridgehead atoms.